The summed E-state index contributed by atoms with van der Waals surface area (Å²) >= 11 is 0. The Hall–Kier alpha value is -2.06. The molecule has 0 bridgehead atoms. The predicted octanol–water partition coefficient (Wildman–Crippen LogP) is 4.38. The Kier molecular flexibility index (Phi) is 5.39. The monoisotopic (exact) mass is 264 g/mol. The molecule has 2 heteroatoms. The number of aryl methyl sites for hydroxylation is 1. The van der Waals surface area contributed by atoms with Gasteiger partial charge in [-0.1, -0.05) is 18.2 Å². The molecule has 0 N–H and O–H groups in total. The van der Waals surface area contributed by atoms with Gasteiger partial charge in [0.05, 0.1) is 17.7 Å². The van der Waals surface area contributed by atoms with Gasteiger partial charge >= 0.3 is 0 Å². The van der Waals surface area contributed by atoms with Gasteiger partial charge in [-0.3, -0.25) is 0 Å². The number of hydrogen-bond acceptors (Lipinski definition) is 2. The maximum atomic E-state index is 8.77. The summed E-state index contributed by atoms with van der Waals surface area (Å²) in [5.41, 5.74) is 2.06. The van der Waals surface area contributed by atoms with Crippen molar-refractivity contribution in [2.75, 3.05) is 0 Å². The second-order valence-electron chi connectivity index (χ2n) is 5.62. The first-order valence-corrected chi connectivity index (χ1v) is 7.37. The highest BCUT2D eigenvalue weighted by Crippen LogP contribution is 2.32. The maximum absolute atomic E-state index is 8.77. The van der Waals surface area contributed by atoms with E-state index in [2.05, 4.69) is 30.3 Å². The molecule has 2 rings (SSSR count). The van der Waals surface area contributed by atoms with Gasteiger partial charge in [-0.2, -0.15) is 10.5 Å². The first-order valence-electron chi connectivity index (χ1n) is 7.37. The van der Waals surface area contributed by atoms with Crippen LogP contribution in [0.1, 0.15) is 43.2 Å². The lowest BCUT2D eigenvalue weighted by molar-refractivity contribution is 0.296. The number of benzene rings is 1. The fourth-order valence-electron chi connectivity index (χ4n) is 2.97. The van der Waals surface area contributed by atoms with Crippen molar-refractivity contribution in [2.24, 2.45) is 11.8 Å². The van der Waals surface area contributed by atoms with E-state index in [1.54, 1.807) is 6.08 Å². The van der Waals surface area contributed by atoms with Gasteiger partial charge < -0.3 is 0 Å². The Labute approximate surface area is 121 Å². The number of hydrogen-bond donors (Lipinski definition) is 0. The van der Waals surface area contributed by atoms with Gasteiger partial charge in [0.15, 0.2) is 0 Å². The molecule has 1 fully saturated rings. The zero-order valence-corrected chi connectivity index (χ0v) is 11.8. The summed E-state index contributed by atoms with van der Waals surface area (Å²) in [7, 11) is 0. The number of nitriles is 2. The summed E-state index contributed by atoms with van der Waals surface area (Å²) in [4.78, 5) is 0. The molecule has 0 amide bonds. The van der Waals surface area contributed by atoms with E-state index in [1.165, 1.54) is 37.7 Å². The van der Waals surface area contributed by atoms with E-state index in [9.17, 15) is 0 Å². The minimum absolute atomic E-state index is 0.612. The van der Waals surface area contributed by atoms with E-state index in [1.807, 2.05) is 12.1 Å². The van der Waals surface area contributed by atoms with E-state index in [0.717, 1.165) is 17.9 Å². The molecule has 0 radical (unpaired) electrons. The SMILES string of the molecule is N#CC=C[C@H]1CC[C@H](CCc2ccc(C#N)cc2)CC1. The van der Waals surface area contributed by atoms with E-state index < -0.39 is 0 Å². The van der Waals surface area contributed by atoms with Crippen LogP contribution >= 0.6 is 0 Å². The molecule has 0 aliphatic heterocycles. The van der Waals surface area contributed by atoms with Crippen LogP contribution in [0.5, 0.6) is 0 Å². The Morgan fingerprint density at radius 1 is 1.05 bits per heavy atom. The molecule has 2 nitrogen and oxygen atoms in total. The minimum Gasteiger partial charge on any atom is -0.193 e. The maximum Gasteiger partial charge on any atom is 0.0991 e. The Balaban J connectivity index is 1.74. The summed E-state index contributed by atoms with van der Waals surface area (Å²) in [5.74, 6) is 1.43. The second kappa shape index (κ2) is 7.51. The second-order valence-corrected chi connectivity index (χ2v) is 5.62. The number of allylic oxidation sites excluding steroid dienone is 2. The van der Waals surface area contributed by atoms with Gasteiger partial charge in [-0.25, -0.2) is 0 Å². The third-order valence-electron chi connectivity index (χ3n) is 4.26. The van der Waals surface area contributed by atoms with Gasteiger partial charge in [0, 0.05) is 6.08 Å². The molecule has 1 aromatic carbocycles. The van der Waals surface area contributed by atoms with E-state index in [4.69, 9.17) is 10.5 Å². The van der Waals surface area contributed by atoms with Crippen molar-refractivity contribution in [3.63, 3.8) is 0 Å². The largest absolute Gasteiger partial charge is 0.193 e. The van der Waals surface area contributed by atoms with Crippen molar-refractivity contribution in [3.8, 4) is 12.1 Å². The van der Waals surface area contributed by atoms with Crippen molar-refractivity contribution in [3.05, 3.63) is 47.5 Å². The van der Waals surface area contributed by atoms with E-state index in [-0.39, 0.29) is 0 Å². The molecule has 1 aliphatic carbocycles. The first kappa shape index (κ1) is 14.4. The van der Waals surface area contributed by atoms with Crippen LogP contribution in [-0.2, 0) is 6.42 Å². The molecule has 0 unspecified atom stereocenters. The normalized spacial score (nSPS) is 22.3. The third kappa shape index (κ3) is 4.25. The zero-order valence-electron chi connectivity index (χ0n) is 11.8. The van der Waals surface area contributed by atoms with E-state index >= 15 is 0 Å². The van der Waals surface area contributed by atoms with Gasteiger partial charge in [0.1, 0.15) is 0 Å². The fourth-order valence-corrected chi connectivity index (χ4v) is 2.97. The van der Waals surface area contributed by atoms with Crippen LogP contribution in [0.2, 0.25) is 0 Å². The highest BCUT2D eigenvalue weighted by atomic mass is 14.3. The molecule has 1 saturated carbocycles. The van der Waals surface area contributed by atoms with Crippen LogP contribution in [0.4, 0.5) is 0 Å². The van der Waals surface area contributed by atoms with Crippen LogP contribution < -0.4 is 0 Å². The van der Waals surface area contributed by atoms with Crippen molar-refractivity contribution in [1.82, 2.24) is 0 Å². The van der Waals surface area contributed by atoms with Gasteiger partial charge in [-0.05, 0) is 68.1 Å². The fraction of sp³-hybridized carbons (Fsp3) is 0.444. The summed E-state index contributed by atoms with van der Waals surface area (Å²) in [6.07, 6.45) is 11.0. The predicted molar refractivity (Wildman–Crippen MR) is 79.7 cm³/mol. The Morgan fingerprint density at radius 3 is 2.35 bits per heavy atom. The molecule has 0 atom stereocenters. The first-order chi connectivity index (χ1) is 9.81. The number of nitrogens with zero attached hydrogens (tertiary/aromatic N) is 2. The summed E-state index contributed by atoms with van der Waals surface area (Å²) in [6.45, 7) is 0. The summed E-state index contributed by atoms with van der Waals surface area (Å²) in [6, 6.07) is 12.2. The molecule has 0 heterocycles. The standard InChI is InChI=1S/C18H20N2/c19-13-1-2-15-3-5-16(6-4-15)7-8-17-9-11-18(14-20)12-10-17/h1-2,9-12,15-16H,3-8H2/t15-,16-. The van der Waals surface area contributed by atoms with Crippen molar-refractivity contribution in [2.45, 2.75) is 38.5 Å². The van der Waals surface area contributed by atoms with Crippen molar-refractivity contribution < 1.29 is 0 Å². The lowest BCUT2D eigenvalue weighted by atomic mass is 9.79. The van der Waals surface area contributed by atoms with Crippen LogP contribution in [0.3, 0.4) is 0 Å². The molecule has 0 spiro atoms. The van der Waals surface area contributed by atoms with Crippen LogP contribution in [0.15, 0.2) is 36.4 Å². The molecule has 1 aliphatic rings. The Morgan fingerprint density at radius 2 is 1.75 bits per heavy atom. The van der Waals surface area contributed by atoms with Crippen LogP contribution in [-0.4, -0.2) is 0 Å². The van der Waals surface area contributed by atoms with E-state index in [0.29, 0.717) is 5.92 Å². The summed E-state index contributed by atoms with van der Waals surface area (Å²) < 4.78 is 0. The van der Waals surface area contributed by atoms with Gasteiger partial charge in [0.2, 0.25) is 0 Å². The average Bonchev–Trinajstić information content (AvgIpc) is 2.52. The smallest absolute Gasteiger partial charge is 0.0991 e. The molecule has 0 saturated heterocycles. The average molecular weight is 264 g/mol. The molecular formula is C18H20N2. The van der Waals surface area contributed by atoms with Crippen molar-refractivity contribution in [1.29, 1.82) is 10.5 Å². The van der Waals surface area contributed by atoms with Crippen molar-refractivity contribution >= 4 is 0 Å². The van der Waals surface area contributed by atoms with Crippen LogP contribution in [0.25, 0.3) is 0 Å². The highest BCUT2D eigenvalue weighted by molar-refractivity contribution is 5.31. The topological polar surface area (TPSA) is 47.6 Å². The highest BCUT2D eigenvalue weighted by Gasteiger charge is 2.19. The molecule has 0 aromatic heterocycles. The lowest BCUT2D eigenvalue weighted by Crippen LogP contribution is -2.13. The Bertz CT molecular complexity index is 520. The molecule has 20 heavy (non-hydrogen) atoms. The molecular weight excluding hydrogens is 244 g/mol. The third-order valence-corrected chi connectivity index (χ3v) is 4.26. The lowest BCUT2D eigenvalue weighted by Gasteiger charge is -2.26. The van der Waals surface area contributed by atoms with Gasteiger partial charge in [-0.15, -0.1) is 0 Å². The van der Waals surface area contributed by atoms with Crippen LogP contribution in [0, 0.1) is 34.5 Å². The summed E-state index contributed by atoms with van der Waals surface area (Å²) in [5, 5.41) is 17.3. The quantitative estimate of drug-likeness (QED) is 0.758. The minimum atomic E-state index is 0.612. The molecule has 1 aromatic rings. The van der Waals surface area contributed by atoms with Gasteiger partial charge in [0.25, 0.3) is 0 Å². The zero-order chi connectivity index (χ0) is 14.2. The number of rotatable bonds is 4. The molecule has 102 valence electrons.